The Morgan fingerprint density at radius 1 is 1.23 bits per heavy atom. The lowest BCUT2D eigenvalue weighted by Gasteiger charge is -2.23. The van der Waals surface area contributed by atoms with Gasteiger partial charge in [-0.3, -0.25) is 18.9 Å². The Morgan fingerprint density at radius 2 is 1.96 bits per heavy atom. The van der Waals surface area contributed by atoms with Gasteiger partial charge in [0.25, 0.3) is 5.56 Å². The Morgan fingerprint density at radius 3 is 2.73 bits per heavy atom. The Hall–Kier alpha value is -2.87. The number of para-hydroxylation sites is 2. The summed E-state index contributed by atoms with van der Waals surface area (Å²) in [6.07, 6.45) is 1.74. The molecule has 1 aliphatic rings. The van der Waals surface area contributed by atoms with E-state index in [4.69, 9.17) is 4.74 Å². The maximum atomic E-state index is 12.6. The van der Waals surface area contributed by atoms with Crippen molar-refractivity contribution < 1.29 is 4.74 Å². The van der Waals surface area contributed by atoms with Crippen molar-refractivity contribution in [2.24, 2.45) is 7.05 Å². The van der Waals surface area contributed by atoms with Crippen molar-refractivity contribution in [1.82, 2.24) is 19.1 Å². The molecule has 1 fully saturated rings. The van der Waals surface area contributed by atoms with Crippen LogP contribution in [0.5, 0.6) is 0 Å². The highest BCUT2D eigenvalue weighted by molar-refractivity contribution is 5.75. The lowest BCUT2D eigenvalue weighted by Crippen LogP contribution is -2.30. The molecule has 3 aromatic rings. The van der Waals surface area contributed by atoms with Crippen LogP contribution < -0.4 is 16.6 Å². The van der Waals surface area contributed by atoms with E-state index in [9.17, 15) is 9.59 Å². The second-order valence-electron chi connectivity index (χ2n) is 6.53. The van der Waals surface area contributed by atoms with E-state index in [1.54, 1.807) is 16.2 Å². The van der Waals surface area contributed by atoms with E-state index >= 15 is 0 Å². The van der Waals surface area contributed by atoms with Crippen LogP contribution in [0.3, 0.4) is 0 Å². The first-order valence-corrected chi connectivity index (χ1v) is 8.70. The van der Waals surface area contributed by atoms with Gasteiger partial charge in [0.2, 0.25) is 5.95 Å². The van der Waals surface area contributed by atoms with Crippen LogP contribution in [0.25, 0.3) is 11.0 Å². The molecule has 8 nitrogen and oxygen atoms in total. The predicted molar refractivity (Wildman–Crippen MR) is 98.6 cm³/mol. The van der Waals surface area contributed by atoms with Crippen molar-refractivity contribution in [2.45, 2.75) is 25.4 Å². The highest BCUT2D eigenvalue weighted by atomic mass is 16.5. The summed E-state index contributed by atoms with van der Waals surface area (Å²) in [5.41, 5.74) is 1.84. The van der Waals surface area contributed by atoms with Crippen molar-refractivity contribution >= 4 is 17.0 Å². The number of rotatable bonds is 4. The van der Waals surface area contributed by atoms with Gasteiger partial charge in [-0.2, -0.15) is 0 Å². The van der Waals surface area contributed by atoms with Gasteiger partial charge in [0.1, 0.15) is 0 Å². The highest BCUT2D eigenvalue weighted by Gasteiger charge is 2.16. The first-order chi connectivity index (χ1) is 12.6. The molecule has 0 atom stereocenters. The number of ether oxygens (including phenoxy) is 1. The number of aromatic amines is 1. The molecular formula is C18H21N5O3. The number of aryl methyl sites for hydroxylation is 1. The molecule has 1 saturated heterocycles. The average molecular weight is 355 g/mol. The fourth-order valence-electron chi connectivity index (χ4n) is 3.37. The summed E-state index contributed by atoms with van der Waals surface area (Å²) in [5, 5.41) is 3.27. The van der Waals surface area contributed by atoms with Gasteiger partial charge >= 0.3 is 5.69 Å². The van der Waals surface area contributed by atoms with E-state index in [0.29, 0.717) is 24.9 Å². The Labute approximate surface area is 149 Å². The minimum absolute atomic E-state index is 0.132. The Balaban J connectivity index is 1.66. The number of imidazole rings is 1. The van der Waals surface area contributed by atoms with E-state index in [1.165, 1.54) is 6.07 Å². The Kier molecular flexibility index (Phi) is 4.34. The highest BCUT2D eigenvalue weighted by Crippen LogP contribution is 2.14. The molecule has 26 heavy (non-hydrogen) atoms. The number of nitrogens with zero attached hydrogens (tertiary/aromatic N) is 3. The summed E-state index contributed by atoms with van der Waals surface area (Å²) >= 11 is 0. The van der Waals surface area contributed by atoms with Crippen LogP contribution in [-0.4, -0.2) is 38.4 Å². The van der Waals surface area contributed by atoms with Gasteiger partial charge in [0.05, 0.1) is 23.3 Å². The van der Waals surface area contributed by atoms with Crippen molar-refractivity contribution in [2.75, 3.05) is 18.5 Å². The monoisotopic (exact) mass is 355 g/mol. The van der Waals surface area contributed by atoms with Crippen LogP contribution in [0.4, 0.5) is 5.95 Å². The van der Waals surface area contributed by atoms with E-state index in [2.05, 4.69) is 15.3 Å². The molecule has 0 saturated carbocycles. The third kappa shape index (κ3) is 3.15. The standard InChI is InChI=1S/C18H21N5O3/c1-22-14-4-2-3-5-15(14)23(18(22)25)11-13-10-16(24)21-17(20-13)19-12-6-8-26-9-7-12/h2-5,10,12H,6-9,11H2,1H3,(H2,19,20,21,24). The quantitative estimate of drug-likeness (QED) is 0.730. The number of benzene rings is 1. The van der Waals surface area contributed by atoms with E-state index in [-0.39, 0.29) is 23.8 Å². The minimum atomic E-state index is -0.238. The molecule has 3 heterocycles. The first kappa shape index (κ1) is 16.6. The second kappa shape index (κ2) is 6.80. The average Bonchev–Trinajstić information content (AvgIpc) is 2.87. The molecule has 0 spiro atoms. The zero-order chi connectivity index (χ0) is 18.1. The van der Waals surface area contributed by atoms with E-state index < -0.39 is 0 Å². The summed E-state index contributed by atoms with van der Waals surface area (Å²) in [6.45, 7) is 1.65. The van der Waals surface area contributed by atoms with E-state index in [0.717, 1.165) is 23.9 Å². The van der Waals surface area contributed by atoms with Crippen molar-refractivity contribution in [1.29, 1.82) is 0 Å². The maximum Gasteiger partial charge on any atom is 0.329 e. The zero-order valence-corrected chi connectivity index (χ0v) is 14.6. The van der Waals surface area contributed by atoms with Gasteiger partial charge in [0, 0.05) is 32.4 Å². The van der Waals surface area contributed by atoms with Crippen LogP contribution in [0, 0.1) is 0 Å². The number of hydrogen-bond donors (Lipinski definition) is 2. The van der Waals surface area contributed by atoms with Crippen molar-refractivity contribution in [3.63, 3.8) is 0 Å². The normalized spacial score (nSPS) is 15.4. The molecular weight excluding hydrogens is 334 g/mol. The molecule has 0 aliphatic carbocycles. The van der Waals surface area contributed by atoms with Crippen LogP contribution in [0.2, 0.25) is 0 Å². The molecule has 4 rings (SSSR count). The van der Waals surface area contributed by atoms with Crippen LogP contribution in [-0.2, 0) is 18.3 Å². The first-order valence-electron chi connectivity index (χ1n) is 8.70. The molecule has 0 amide bonds. The minimum Gasteiger partial charge on any atom is -0.381 e. The summed E-state index contributed by atoms with van der Waals surface area (Å²) in [5.74, 6) is 0.438. The molecule has 2 N–H and O–H groups in total. The number of fused-ring (bicyclic) bond motifs is 1. The van der Waals surface area contributed by atoms with Gasteiger partial charge in [-0.25, -0.2) is 9.78 Å². The Bertz CT molecular complexity index is 1040. The number of aromatic nitrogens is 4. The van der Waals surface area contributed by atoms with Crippen LogP contribution in [0.1, 0.15) is 18.5 Å². The molecule has 0 radical (unpaired) electrons. The van der Waals surface area contributed by atoms with Gasteiger partial charge in [-0.05, 0) is 25.0 Å². The van der Waals surface area contributed by atoms with Crippen molar-refractivity contribution in [3.05, 3.63) is 56.9 Å². The fraction of sp³-hybridized carbons (Fsp3) is 0.389. The van der Waals surface area contributed by atoms with Crippen LogP contribution in [0.15, 0.2) is 39.9 Å². The summed E-state index contributed by atoms with van der Waals surface area (Å²) in [6, 6.07) is 9.24. The third-order valence-electron chi connectivity index (χ3n) is 4.73. The molecule has 2 aromatic heterocycles. The summed E-state index contributed by atoms with van der Waals surface area (Å²) < 4.78 is 8.58. The number of nitrogens with one attached hydrogen (secondary N) is 2. The SMILES string of the molecule is Cn1c(=O)n(Cc2cc(=O)[nH]c(NC3CCOCC3)n2)c2ccccc21. The molecule has 1 aromatic carbocycles. The van der Waals surface area contributed by atoms with Crippen molar-refractivity contribution in [3.8, 4) is 0 Å². The summed E-state index contributed by atoms with van der Waals surface area (Å²) in [4.78, 5) is 31.8. The fourth-order valence-corrected chi connectivity index (χ4v) is 3.37. The number of anilines is 1. The maximum absolute atomic E-state index is 12.6. The van der Waals surface area contributed by atoms with Crippen LogP contribution >= 0.6 is 0 Å². The van der Waals surface area contributed by atoms with Gasteiger partial charge < -0.3 is 10.1 Å². The van der Waals surface area contributed by atoms with Gasteiger partial charge in [0.15, 0.2) is 0 Å². The summed E-state index contributed by atoms with van der Waals surface area (Å²) in [7, 11) is 1.74. The zero-order valence-electron chi connectivity index (χ0n) is 14.6. The predicted octanol–water partition coefficient (Wildman–Crippen LogP) is 1.06. The molecule has 0 bridgehead atoms. The molecule has 1 aliphatic heterocycles. The largest absolute Gasteiger partial charge is 0.381 e. The van der Waals surface area contributed by atoms with Gasteiger partial charge in [-0.15, -0.1) is 0 Å². The number of hydrogen-bond acceptors (Lipinski definition) is 5. The topological polar surface area (TPSA) is 93.9 Å². The van der Waals surface area contributed by atoms with E-state index in [1.807, 2.05) is 24.3 Å². The molecule has 8 heteroatoms. The molecule has 0 unspecified atom stereocenters. The van der Waals surface area contributed by atoms with Gasteiger partial charge in [-0.1, -0.05) is 12.1 Å². The lowest BCUT2D eigenvalue weighted by molar-refractivity contribution is 0.0903. The third-order valence-corrected chi connectivity index (χ3v) is 4.73. The number of H-pyrrole nitrogens is 1. The smallest absolute Gasteiger partial charge is 0.329 e. The molecule has 136 valence electrons. The second-order valence-corrected chi connectivity index (χ2v) is 6.53. The lowest BCUT2D eigenvalue weighted by atomic mass is 10.1.